The molecule has 4 heterocycles. The Kier molecular flexibility index (Phi) is 14.3. The van der Waals surface area contributed by atoms with Crippen molar-refractivity contribution in [2.24, 2.45) is 5.41 Å². The topological polar surface area (TPSA) is 190 Å². The number of carbonyl (C=O) groups excluding carboxylic acids is 4. The van der Waals surface area contributed by atoms with Crippen LogP contribution < -0.4 is 25.2 Å². The highest BCUT2D eigenvalue weighted by Gasteiger charge is 2.52. The second-order valence-corrected chi connectivity index (χ2v) is 18.2. The number of hydrogen-bond donors (Lipinski definition) is 3. The molecule has 65 heavy (non-hydrogen) atoms. The van der Waals surface area contributed by atoms with Crippen LogP contribution in [0.5, 0.6) is 5.88 Å². The fourth-order valence-corrected chi connectivity index (χ4v) is 8.82. The van der Waals surface area contributed by atoms with Gasteiger partial charge in [0.2, 0.25) is 23.6 Å². The van der Waals surface area contributed by atoms with Gasteiger partial charge in [-0.25, -0.2) is 14.4 Å². The number of thiocarbonyl (C=S) groups is 1. The molecule has 21 heteroatoms. The zero-order valence-electron chi connectivity index (χ0n) is 36.2. The summed E-state index contributed by atoms with van der Waals surface area (Å²) in [6.07, 6.45) is -4.83. The Morgan fingerprint density at radius 1 is 1.08 bits per heavy atom. The van der Waals surface area contributed by atoms with Crippen molar-refractivity contribution in [1.29, 1.82) is 5.26 Å². The molecule has 2 aliphatic heterocycles. The molecule has 2 aromatic heterocycles. The molecule has 15 nitrogen and oxygen atoms in total. The van der Waals surface area contributed by atoms with Crippen molar-refractivity contribution in [3.8, 4) is 22.4 Å². The first-order valence-corrected chi connectivity index (χ1v) is 21.5. The fourth-order valence-electron chi connectivity index (χ4n) is 7.49. The van der Waals surface area contributed by atoms with Gasteiger partial charge in [0.1, 0.15) is 36.4 Å². The minimum Gasteiger partial charge on any atom is -0.475 e. The van der Waals surface area contributed by atoms with E-state index in [4.69, 9.17) is 27.0 Å². The number of alkyl halides is 3. The lowest BCUT2D eigenvalue weighted by Gasteiger charge is -2.35. The normalized spacial score (nSPS) is 17.8. The molecule has 3 N–H and O–H groups in total. The lowest BCUT2D eigenvalue weighted by molar-refractivity contribution is -0.144. The van der Waals surface area contributed by atoms with Crippen LogP contribution in [0.4, 0.5) is 28.9 Å². The number of amides is 4. The van der Waals surface area contributed by atoms with Gasteiger partial charge >= 0.3 is 6.18 Å². The lowest BCUT2D eigenvalue weighted by Crippen LogP contribution is -2.58. The highest BCUT2D eigenvalue weighted by Crippen LogP contribution is 2.42. The van der Waals surface area contributed by atoms with Crippen molar-refractivity contribution in [3.63, 3.8) is 0 Å². The van der Waals surface area contributed by atoms with E-state index in [9.17, 15) is 37.5 Å². The van der Waals surface area contributed by atoms with Gasteiger partial charge in [-0.1, -0.05) is 45.0 Å². The first kappa shape index (κ1) is 48.4. The summed E-state index contributed by atoms with van der Waals surface area (Å²) in [5.74, 6) is -4.11. The van der Waals surface area contributed by atoms with Crippen molar-refractivity contribution in [2.45, 2.75) is 84.4 Å². The second kappa shape index (κ2) is 19.2. The minimum absolute atomic E-state index is 0.0325. The standard InChI is InChI=1S/C44H46F4N8O7S2/c1-24-36(65-23-52-24)26-9-7-25(8-10-26)19-51-38(59)31-17-29(57)21-54(31)39(60)37(42(2,3)4)53-32(58)22-62-15-16-63-33-14-12-28(20-50-33)56-41(64)55(40(61)43(56,5)6)30-13-11-27(18-49)34(35(30)45)44(46,47)48/h7-14,20,23,29,31,37,57H,15-17,19,21-22H2,1-6H3,(H,51,59)(H,53,58)/t29-,31+,37?/m1/s1. The molecule has 2 saturated heterocycles. The van der Waals surface area contributed by atoms with E-state index in [1.165, 1.54) is 48.0 Å². The van der Waals surface area contributed by atoms with Crippen molar-refractivity contribution in [3.05, 3.63) is 88.4 Å². The van der Waals surface area contributed by atoms with Crippen LogP contribution in [-0.2, 0) is 36.6 Å². The Morgan fingerprint density at radius 2 is 1.78 bits per heavy atom. The van der Waals surface area contributed by atoms with E-state index in [2.05, 4.69) is 20.6 Å². The number of hydrogen-bond acceptors (Lipinski definition) is 12. The number of aromatic nitrogens is 2. The number of benzene rings is 2. The number of ether oxygens (including phenoxy) is 2. The monoisotopic (exact) mass is 938 g/mol. The number of likely N-dealkylation sites (tertiary alicyclic amines) is 1. The number of anilines is 2. The quantitative estimate of drug-likeness (QED) is 0.0800. The van der Waals surface area contributed by atoms with Gasteiger partial charge in [0.05, 0.1) is 58.0 Å². The molecule has 2 fully saturated rings. The van der Waals surface area contributed by atoms with Gasteiger partial charge in [-0.05, 0) is 67.7 Å². The SMILES string of the molecule is Cc1ncsc1-c1ccc(CNC(=O)[C@@H]2C[C@@H](O)CN2C(=O)C(NC(=O)COCCOc2ccc(N3C(=S)N(c4ccc(C#N)c(C(F)(F)F)c4F)C(=O)C3(C)C)cn2)C(C)(C)C)cc1. The van der Waals surface area contributed by atoms with Crippen molar-refractivity contribution in [1.82, 2.24) is 25.5 Å². The molecule has 2 aliphatic rings. The van der Waals surface area contributed by atoms with Gasteiger partial charge in [0, 0.05) is 25.6 Å². The molecule has 0 bridgehead atoms. The highest BCUT2D eigenvalue weighted by molar-refractivity contribution is 7.81. The van der Waals surface area contributed by atoms with Gasteiger partial charge in [-0.3, -0.25) is 24.1 Å². The van der Waals surface area contributed by atoms with Crippen LogP contribution in [0.15, 0.2) is 60.2 Å². The van der Waals surface area contributed by atoms with E-state index in [1.54, 1.807) is 37.6 Å². The molecule has 0 radical (unpaired) electrons. The summed E-state index contributed by atoms with van der Waals surface area (Å²) >= 11 is 7.01. The van der Waals surface area contributed by atoms with E-state index >= 15 is 4.39 Å². The van der Waals surface area contributed by atoms with E-state index in [0.717, 1.165) is 33.8 Å². The third-order valence-corrected chi connectivity index (χ3v) is 12.2. The van der Waals surface area contributed by atoms with Crippen LogP contribution in [-0.4, -0.2) is 98.8 Å². The maximum absolute atomic E-state index is 15.4. The maximum atomic E-state index is 15.4. The summed E-state index contributed by atoms with van der Waals surface area (Å²) < 4.78 is 67.7. The molecule has 1 unspecified atom stereocenters. The molecule has 6 rings (SSSR count). The average Bonchev–Trinajstić information content (AvgIpc) is 3.91. The predicted molar refractivity (Wildman–Crippen MR) is 235 cm³/mol. The number of aliphatic hydroxyl groups excluding tert-OH is 1. The average molecular weight is 939 g/mol. The largest absolute Gasteiger partial charge is 0.475 e. The molecule has 4 amide bonds. The lowest BCUT2D eigenvalue weighted by atomic mass is 9.85. The summed E-state index contributed by atoms with van der Waals surface area (Å²) in [7, 11) is 0. The number of thiazole rings is 1. The summed E-state index contributed by atoms with van der Waals surface area (Å²) in [4.78, 5) is 66.8. The molecule has 3 atom stereocenters. The molecule has 0 saturated carbocycles. The summed E-state index contributed by atoms with van der Waals surface area (Å²) in [5.41, 5.74) is -0.999. The van der Waals surface area contributed by atoms with E-state index < -0.39 is 88.2 Å². The Bertz CT molecular complexity index is 2510. The van der Waals surface area contributed by atoms with E-state index in [-0.39, 0.29) is 49.4 Å². The van der Waals surface area contributed by atoms with Gasteiger partial charge in [0.25, 0.3) is 5.91 Å². The number of nitrogens with one attached hydrogen (secondary N) is 2. The van der Waals surface area contributed by atoms with Gasteiger partial charge in [0.15, 0.2) is 10.9 Å². The van der Waals surface area contributed by atoms with Crippen LogP contribution in [0, 0.1) is 29.5 Å². The Morgan fingerprint density at radius 3 is 2.38 bits per heavy atom. The first-order chi connectivity index (χ1) is 30.5. The number of nitriles is 1. The van der Waals surface area contributed by atoms with Crippen LogP contribution in [0.1, 0.15) is 63.4 Å². The number of β-amino-alcohol motifs (C(OH)–C–C–N with tert-alkyl or cyclic N) is 1. The van der Waals surface area contributed by atoms with Crippen LogP contribution >= 0.6 is 23.6 Å². The van der Waals surface area contributed by atoms with Crippen LogP contribution in [0.25, 0.3) is 10.4 Å². The smallest absolute Gasteiger partial charge is 0.420 e. The van der Waals surface area contributed by atoms with Crippen molar-refractivity contribution < 1.29 is 51.3 Å². The summed E-state index contributed by atoms with van der Waals surface area (Å²) in [6.45, 7) is 9.64. The Balaban J connectivity index is 0.998. The molecular weight excluding hydrogens is 893 g/mol. The molecule has 0 spiro atoms. The number of rotatable bonds is 14. The Labute approximate surface area is 381 Å². The number of pyridine rings is 1. The third-order valence-electron chi connectivity index (χ3n) is 10.8. The zero-order valence-corrected chi connectivity index (χ0v) is 37.8. The predicted octanol–water partition coefficient (Wildman–Crippen LogP) is 5.66. The maximum Gasteiger partial charge on any atom is 0.420 e. The van der Waals surface area contributed by atoms with Gasteiger partial charge in [-0.2, -0.15) is 18.4 Å². The first-order valence-electron chi connectivity index (χ1n) is 20.2. The second-order valence-electron chi connectivity index (χ2n) is 16.9. The summed E-state index contributed by atoms with van der Waals surface area (Å²) in [5, 5.41) is 25.0. The van der Waals surface area contributed by atoms with Gasteiger partial charge < -0.3 is 35.0 Å². The molecule has 0 aliphatic carbocycles. The van der Waals surface area contributed by atoms with Crippen molar-refractivity contribution >= 4 is 63.7 Å². The van der Waals surface area contributed by atoms with E-state index in [0.29, 0.717) is 4.90 Å². The number of halogens is 4. The molecule has 2 aromatic carbocycles. The zero-order chi connectivity index (χ0) is 47.6. The number of carbonyl (C=O) groups is 4. The number of nitrogens with zero attached hydrogens (tertiary/aromatic N) is 6. The van der Waals surface area contributed by atoms with Crippen LogP contribution in [0.3, 0.4) is 0 Å². The fraction of sp³-hybridized carbons (Fsp3) is 0.409. The van der Waals surface area contributed by atoms with Gasteiger partial charge in [-0.15, -0.1) is 11.3 Å². The molecular formula is C44H46F4N8O7S2. The molecule has 344 valence electrons. The van der Waals surface area contributed by atoms with E-state index in [1.807, 2.05) is 31.2 Å². The molecule has 4 aromatic rings. The Hall–Kier alpha value is -6.08. The third kappa shape index (κ3) is 10.4. The number of aryl methyl sites for hydroxylation is 1. The van der Waals surface area contributed by atoms with Crippen molar-refractivity contribution in [2.75, 3.05) is 36.2 Å². The van der Waals surface area contributed by atoms with Crippen LogP contribution in [0.2, 0.25) is 0 Å². The summed E-state index contributed by atoms with van der Waals surface area (Å²) in [6, 6.07) is 11.6. The minimum atomic E-state index is -5.22. The number of aliphatic hydroxyl groups is 1. The highest BCUT2D eigenvalue weighted by atomic mass is 32.1.